The van der Waals surface area contributed by atoms with Crippen LogP contribution in [0.15, 0.2) is 66.3 Å². The SMILES string of the molecule is C=CCn1c(SCC(=O)NC(=O)c2ccc(OC(F)F)cc2)nc2ccccc21. The normalized spacial score (nSPS) is 10.9. The smallest absolute Gasteiger partial charge is 0.387 e. The summed E-state index contributed by atoms with van der Waals surface area (Å²) in [5, 5.41) is 2.91. The summed E-state index contributed by atoms with van der Waals surface area (Å²) in [5.41, 5.74) is 1.89. The largest absolute Gasteiger partial charge is 0.435 e. The van der Waals surface area contributed by atoms with Crippen LogP contribution in [0.3, 0.4) is 0 Å². The maximum atomic E-state index is 12.2. The first-order valence-electron chi connectivity index (χ1n) is 8.56. The van der Waals surface area contributed by atoms with Gasteiger partial charge in [0.2, 0.25) is 5.91 Å². The van der Waals surface area contributed by atoms with E-state index in [9.17, 15) is 18.4 Å². The number of ether oxygens (including phenoxy) is 1. The molecule has 6 nitrogen and oxygen atoms in total. The summed E-state index contributed by atoms with van der Waals surface area (Å²) in [5.74, 6) is -1.21. The van der Waals surface area contributed by atoms with Gasteiger partial charge in [-0.1, -0.05) is 30.0 Å². The Hall–Kier alpha value is -3.20. The molecule has 0 aliphatic heterocycles. The molecular formula is C20H17F2N3O3S. The van der Waals surface area contributed by atoms with Gasteiger partial charge >= 0.3 is 6.61 Å². The molecule has 0 radical (unpaired) electrons. The first-order chi connectivity index (χ1) is 14.0. The molecule has 1 heterocycles. The van der Waals surface area contributed by atoms with Crippen molar-refractivity contribution in [3.63, 3.8) is 0 Å². The van der Waals surface area contributed by atoms with E-state index in [-0.39, 0.29) is 17.1 Å². The molecule has 0 saturated carbocycles. The fourth-order valence-electron chi connectivity index (χ4n) is 2.62. The fourth-order valence-corrected chi connectivity index (χ4v) is 3.45. The van der Waals surface area contributed by atoms with Gasteiger partial charge < -0.3 is 9.30 Å². The number of hydrogen-bond acceptors (Lipinski definition) is 5. The van der Waals surface area contributed by atoms with Crippen LogP contribution >= 0.6 is 11.8 Å². The zero-order valence-corrected chi connectivity index (χ0v) is 16.0. The van der Waals surface area contributed by atoms with E-state index in [0.29, 0.717) is 11.7 Å². The number of imide groups is 1. The van der Waals surface area contributed by atoms with E-state index in [1.807, 2.05) is 28.8 Å². The van der Waals surface area contributed by atoms with E-state index >= 15 is 0 Å². The van der Waals surface area contributed by atoms with Crippen molar-refractivity contribution in [2.45, 2.75) is 18.3 Å². The molecule has 0 aliphatic carbocycles. The summed E-state index contributed by atoms with van der Waals surface area (Å²) >= 11 is 1.20. The minimum atomic E-state index is -2.95. The molecule has 0 unspecified atom stereocenters. The van der Waals surface area contributed by atoms with E-state index in [4.69, 9.17) is 0 Å². The van der Waals surface area contributed by atoms with E-state index in [0.717, 1.165) is 11.0 Å². The third kappa shape index (κ3) is 5.20. The summed E-state index contributed by atoms with van der Waals surface area (Å²) < 4.78 is 30.5. The molecule has 3 aromatic rings. The van der Waals surface area contributed by atoms with E-state index in [2.05, 4.69) is 21.6 Å². The molecule has 2 aromatic carbocycles. The van der Waals surface area contributed by atoms with E-state index in [1.54, 1.807) is 6.08 Å². The third-order valence-electron chi connectivity index (χ3n) is 3.86. The van der Waals surface area contributed by atoms with Crippen molar-refractivity contribution in [1.29, 1.82) is 0 Å². The van der Waals surface area contributed by atoms with Crippen LogP contribution in [0.2, 0.25) is 0 Å². The average Bonchev–Trinajstić information content (AvgIpc) is 3.04. The van der Waals surface area contributed by atoms with E-state index < -0.39 is 18.4 Å². The number of hydrogen-bond donors (Lipinski definition) is 1. The minimum Gasteiger partial charge on any atom is -0.435 e. The van der Waals surface area contributed by atoms with Crippen LogP contribution in [-0.4, -0.2) is 33.7 Å². The number of nitrogens with zero attached hydrogens (tertiary/aromatic N) is 2. The monoisotopic (exact) mass is 417 g/mol. The quantitative estimate of drug-likeness (QED) is 0.445. The number of rotatable bonds is 8. The molecule has 9 heteroatoms. The molecule has 0 atom stereocenters. The van der Waals surface area contributed by atoms with Crippen molar-refractivity contribution in [1.82, 2.24) is 14.9 Å². The molecule has 1 N–H and O–H groups in total. The summed E-state index contributed by atoms with van der Waals surface area (Å²) in [6, 6.07) is 12.7. The van der Waals surface area contributed by atoms with Crippen LogP contribution in [-0.2, 0) is 11.3 Å². The van der Waals surface area contributed by atoms with Crippen LogP contribution in [0.4, 0.5) is 8.78 Å². The molecular weight excluding hydrogens is 400 g/mol. The molecule has 0 fully saturated rings. The first-order valence-corrected chi connectivity index (χ1v) is 9.54. The van der Waals surface area contributed by atoms with Crippen molar-refractivity contribution >= 4 is 34.6 Å². The topological polar surface area (TPSA) is 73.2 Å². The zero-order chi connectivity index (χ0) is 20.8. The predicted octanol–water partition coefficient (Wildman–Crippen LogP) is 3.87. The Morgan fingerprint density at radius 2 is 1.93 bits per heavy atom. The van der Waals surface area contributed by atoms with Gasteiger partial charge in [-0.15, -0.1) is 6.58 Å². The van der Waals surface area contributed by atoms with Gasteiger partial charge in [0.25, 0.3) is 5.91 Å². The van der Waals surface area contributed by atoms with Gasteiger partial charge in [-0.05, 0) is 36.4 Å². The second-order valence-electron chi connectivity index (χ2n) is 5.85. The van der Waals surface area contributed by atoms with Gasteiger partial charge in [-0.3, -0.25) is 14.9 Å². The van der Waals surface area contributed by atoms with Crippen molar-refractivity contribution in [2.75, 3.05) is 5.75 Å². The van der Waals surface area contributed by atoms with Gasteiger partial charge in [0, 0.05) is 12.1 Å². The number of carbonyl (C=O) groups is 2. The number of halogens is 2. The Bertz CT molecular complexity index is 1040. The Labute approximate surface area is 169 Å². The summed E-state index contributed by atoms with van der Waals surface area (Å²) in [6.07, 6.45) is 1.74. The highest BCUT2D eigenvalue weighted by molar-refractivity contribution is 7.99. The van der Waals surface area contributed by atoms with Crippen LogP contribution in [0.5, 0.6) is 5.75 Å². The Morgan fingerprint density at radius 3 is 2.62 bits per heavy atom. The molecule has 0 saturated heterocycles. The number of aromatic nitrogens is 2. The molecule has 0 aliphatic rings. The number of carbonyl (C=O) groups excluding carboxylic acids is 2. The lowest BCUT2D eigenvalue weighted by molar-refractivity contribution is -0.117. The Kier molecular flexibility index (Phi) is 6.61. The highest BCUT2D eigenvalue weighted by atomic mass is 32.2. The molecule has 1 aromatic heterocycles. The highest BCUT2D eigenvalue weighted by Gasteiger charge is 2.15. The Morgan fingerprint density at radius 1 is 1.21 bits per heavy atom. The number of para-hydroxylation sites is 2. The highest BCUT2D eigenvalue weighted by Crippen LogP contribution is 2.24. The summed E-state index contributed by atoms with van der Waals surface area (Å²) in [4.78, 5) is 28.8. The second-order valence-corrected chi connectivity index (χ2v) is 6.79. The lowest BCUT2D eigenvalue weighted by Gasteiger charge is -2.07. The lowest BCUT2D eigenvalue weighted by Crippen LogP contribution is -2.31. The summed E-state index contributed by atoms with van der Waals surface area (Å²) in [6.45, 7) is 1.33. The van der Waals surface area contributed by atoms with E-state index in [1.165, 1.54) is 36.0 Å². The van der Waals surface area contributed by atoms with Gasteiger partial charge in [0.15, 0.2) is 5.16 Å². The number of thioether (sulfide) groups is 1. The molecule has 2 amide bonds. The molecule has 29 heavy (non-hydrogen) atoms. The van der Waals surface area contributed by atoms with Crippen molar-refractivity contribution in [2.24, 2.45) is 0 Å². The van der Waals surface area contributed by atoms with Crippen LogP contribution < -0.4 is 10.1 Å². The standard InChI is InChI=1S/C20H17F2N3O3S/c1-2-11-25-16-6-4-3-5-15(16)23-20(25)29-12-17(26)24-18(27)13-7-9-14(10-8-13)28-19(21)22/h2-10,19H,1,11-12H2,(H,24,26,27). The maximum absolute atomic E-state index is 12.2. The van der Waals surface area contributed by atoms with Crippen molar-refractivity contribution in [3.8, 4) is 5.75 Å². The molecule has 150 valence electrons. The predicted molar refractivity (Wildman–Crippen MR) is 106 cm³/mol. The summed E-state index contributed by atoms with van der Waals surface area (Å²) in [7, 11) is 0. The maximum Gasteiger partial charge on any atom is 0.387 e. The number of amides is 2. The Balaban J connectivity index is 1.61. The average molecular weight is 417 g/mol. The van der Waals surface area contributed by atoms with Gasteiger partial charge in [-0.25, -0.2) is 4.98 Å². The first kappa shape index (κ1) is 20.5. The van der Waals surface area contributed by atoms with Gasteiger partial charge in [0.05, 0.1) is 16.8 Å². The van der Waals surface area contributed by atoms with Crippen LogP contribution in [0, 0.1) is 0 Å². The lowest BCUT2D eigenvalue weighted by atomic mass is 10.2. The van der Waals surface area contributed by atoms with Crippen molar-refractivity contribution in [3.05, 3.63) is 66.7 Å². The molecule has 0 bridgehead atoms. The number of alkyl halides is 2. The third-order valence-corrected chi connectivity index (χ3v) is 4.83. The number of benzene rings is 2. The molecule has 3 rings (SSSR count). The zero-order valence-electron chi connectivity index (χ0n) is 15.2. The number of imidazole rings is 1. The number of fused-ring (bicyclic) bond motifs is 1. The van der Waals surface area contributed by atoms with Crippen LogP contribution in [0.25, 0.3) is 11.0 Å². The number of allylic oxidation sites excluding steroid dienone is 1. The van der Waals surface area contributed by atoms with Crippen LogP contribution in [0.1, 0.15) is 10.4 Å². The van der Waals surface area contributed by atoms with Gasteiger partial charge in [0.1, 0.15) is 5.75 Å². The molecule has 0 spiro atoms. The second kappa shape index (κ2) is 9.33. The number of nitrogens with one attached hydrogen (secondary N) is 1. The minimum absolute atomic E-state index is 0.0151. The van der Waals surface area contributed by atoms with Crippen molar-refractivity contribution < 1.29 is 23.1 Å². The fraction of sp³-hybridized carbons (Fsp3) is 0.150. The van der Waals surface area contributed by atoms with Gasteiger partial charge in [-0.2, -0.15) is 8.78 Å².